The van der Waals surface area contributed by atoms with Crippen molar-refractivity contribution in [3.63, 3.8) is 0 Å². The minimum atomic E-state index is -0.0747. The maximum Gasteiger partial charge on any atom is 0.241 e. The third-order valence-corrected chi connectivity index (χ3v) is 6.16. The summed E-state index contributed by atoms with van der Waals surface area (Å²) in [6, 6.07) is 4.21. The van der Waals surface area contributed by atoms with Crippen LogP contribution < -0.4 is 5.32 Å². The van der Waals surface area contributed by atoms with Gasteiger partial charge in [-0.25, -0.2) is 0 Å². The predicted octanol–water partition coefficient (Wildman–Crippen LogP) is 1.92. The molecule has 0 aliphatic carbocycles. The molecule has 21 heavy (non-hydrogen) atoms. The fourth-order valence-corrected chi connectivity index (χ4v) is 4.85. The van der Waals surface area contributed by atoms with Gasteiger partial charge in [0.2, 0.25) is 5.91 Å². The number of carbonyl (C=O) groups is 1. The third kappa shape index (κ3) is 3.44. The van der Waals surface area contributed by atoms with E-state index in [2.05, 4.69) is 29.3 Å². The van der Waals surface area contributed by atoms with E-state index >= 15 is 0 Å². The van der Waals surface area contributed by atoms with Crippen LogP contribution in [0.15, 0.2) is 12.1 Å². The molecule has 3 rings (SSSR count). The van der Waals surface area contributed by atoms with Crippen molar-refractivity contribution in [2.24, 2.45) is 0 Å². The van der Waals surface area contributed by atoms with Gasteiger partial charge in [-0.2, -0.15) is 11.8 Å². The quantitative estimate of drug-likeness (QED) is 0.917. The van der Waals surface area contributed by atoms with Gasteiger partial charge in [-0.15, -0.1) is 11.3 Å². The lowest BCUT2D eigenvalue weighted by atomic mass is 10.3. The van der Waals surface area contributed by atoms with Crippen LogP contribution in [0.2, 0.25) is 0 Å². The van der Waals surface area contributed by atoms with Crippen LogP contribution in [-0.2, 0) is 4.79 Å². The van der Waals surface area contributed by atoms with Gasteiger partial charge in [0, 0.05) is 47.4 Å². The first-order chi connectivity index (χ1) is 10.1. The molecule has 1 amide bonds. The zero-order valence-electron chi connectivity index (χ0n) is 12.7. The summed E-state index contributed by atoms with van der Waals surface area (Å²) in [5, 5.41) is 3.44. The Hall–Kier alpha value is -0.560. The minimum Gasteiger partial charge on any atom is -0.319 e. The summed E-state index contributed by atoms with van der Waals surface area (Å²) in [6.07, 6.45) is 0.0605. The van der Waals surface area contributed by atoms with E-state index in [4.69, 9.17) is 0 Å². The number of hydrogen-bond acceptors (Lipinski definition) is 5. The van der Waals surface area contributed by atoms with Crippen LogP contribution in [0.5, 0.6) is 0 Å². The maximum absolute atomic E-state index is 12.4. The predicted molar refractivity (Wildman–Crippen MR) is 89.9 cm³/mol. The van der Waals surface area contributed by atoms with Gasteiger partial charge in [-0.3, -0.25) is 15.0 Å². The second-order valence-corrected chi connectivity index (χ2v) is 8.27. The first-order valence-electron chi connectivity index (χ1n) is 7.58. The van der Waals surface area contributed by atoms with E-state index in [0.29, 0.717) is 0 Å². The Morgan fingerprint density at radius 2 is 2.05 bits per heavy atom. The second-order valence-electron chi connectivity index (χ2n) is 5.72. The van der Waals surface area contributed by atoms with Crippen molar-refractivity contribution in [1.82, 2.24) is 15.1 Å². The number of amides is 1. The highest BCUT2D eigenvalue weighted by Gasteiger charge is 2.37. The molecule has 2 atom stereocenters. The lowest BCUT2D eigenvalue weighted by Crippen LogP contribution is -2.41. The van der Waals surface area contributed by atoms with E-state index in [1.165, 1.54) is 21.3 Å². The smallest absolute Gasteiger partial charge is 0.241 e. The molecule has 0 bridgehead atoms. The molecular weight excluding hydrogens is 302 g/mol. The van der Waals surface area contributed by atoms with E-state index in [-0.39, 0.29) is 18.1 Å². The number of thioether (sulfide) groups is 1. The normalized spacial score (nSPS) is 27.5. The molecule has 2 fully saturated rings. The number of nitrogens with zero attached hydrogens (tertiary/aromatic N) is 2. The molecule has 0 aromatic carbocycles. The Labute approximate surface area is 134 Å². The van der Waals surface area contributed by atoms with Gasteiger partial charge in [0.1, 0.15) is 6.17 Å². The number of rotatable bonds is 4. The maximum atomic E-state index is 12.4. The molecule has 4 nitrogen and oxygen atoms in total. The summed E-state index contributed by atoms with van der Waals surface area (Å²) in [7, 11) is 0. The highest BCUT2D eigenvalue weighted by Crippen LogP contribution is 2.30. The highest BCUT2D eigenvalue weighted by molar-refractivity contribution is 7.99. The molecule has 1 N–H and O–H groups in total. The topological polar surface area (TPSA) is 35.6 Å². The highest BCUT2D eigenvalue weighted by atomic mass is 32.2. The summed E-state index contributed by atoms with van der Waals surface area (Å²) in [6.45, 7) is 8.19. The average Bonchev–Trinajstić information content (AvgIpc) is 3.03. The summed E-state index contributed by atoms with van der Waals surface area (Å²) >= 11 is 3.81. The van der Waals surface area contributed by atoms with E-state index < -0.39 is 0 Å². The van der Waals surface area contributed by atoms with Gasteiger partial charge in [0.05, 0.1) is 6.04 Å². The fourth-order valence-electron chi connectivity index (χ4n) is 2.92. The van der Waals surface area contributed by atoms with Gasteiger partial charge in [0.25, 0.3) is 0 Å². The number of hydrogen-bond donors (Lipinski definition) is 1. The molecule has 1 aromatic heterocycles. The Morgan fingerprint density at radius 3 is 2.71 bits per heavy atom. The summed E-state index contributed by atoms with van der Waals surface area (Å²) in [5.74, 6) is 2.67. The van der Waals surface area contributed by atoms with Crippen LogP contribution in [0, 0.1) is 6.92 Å². The molecule has 2 aliphatic heterocycles. The Bertz CT molecular complexity index is 499. The van der Waals surface area contributed by atoms with Crippen molar-refractivity contribution in [2.75, 3.05) is 37.7 Å². The lowest BCUT2D eigenvalue weighted by Gasteiger charge is -2.30. The van der Waals surface area contributed by atoms with Crippen LogP contribution in [0.1, 0.15) is 22.8 Å². The van der Waals surface area contributed by atoms with Gasteiger partial charge in [-0.1, -0.05) is 0 Å². The Morgan fingerprint density at radius 1 is 1.29 bits per heavy atom. The molecule has 116 valence electrons. The van der Waals surface area contributed by atoms with Crippen LogP contribution in [0.3, 0.4) is 0 Å². The summed E-state index contributed by atoms with van der Waals surface area (Å²) < 4.78 is 0. The lowest BCUT2D eigenvalue weighted by molar-refractivity contribution is -0.130. The van der Waals surface area contributed by atoms with Crippen molar-refractivity contribution in [2.45, 2.75) is 26.1 Å². The van der Waals surface area contributed by atoms with Gasteiger partial charge in [-0.05, 0) is 26.0 Å². The van der Waals surface area contributed by atoms with Gasteiger partial charge in [0.15, 0.2) is 0 Å². The Balaban J connectivity index is 1.66. The molecule has 0 radical (unpaired) electrons. The van der Waals surface area contributed by atoms with Crippen LogP contribution in [0.25, 0.3) is 0 Å². The average molecular weight is 326 g/mol. The van der Waals surface area contributed by atoms with E-state index in [9.17, 15) is 4.79 Å². The van der Waals surface area contributed by atoms with Gasteiger partial charge < -0.3 is 4.90 Å². The van der Waals surface area contributed by atoms with E-state index in [1.807, 2.05) is 23.6 Å². The minimum absolute atomic E-state index is 0.0605. The molecule has 3 heterocycles. The number of carbonyl (C=O) groups excluding carboxylic acids is 1. The van der Waals surface area contributed by atoms with Crippen molar-refractivity contribution in [1.29, 1.82) is 0 Å². The summed E-state index contributed by atoms with van der Waals surface area (Å²) in [4.78, 5) is 19.5. The first kappa shape index (κ1) is 15.3. The van der Waals surface area contributed by atoms with Crippen molar-refractivity contribution >= 4 is 29.0 Å². The van der Waals surface area contributed by atoms with Crippen molar-refractivity contribution in [3.05, 3.63) is 21.9 Å². The molecule has 2 unspecified atom stereocenters. The zero-order valence-corrected chi connectivity index (χ0v) is 14.3. The second kappa shape index (κ2) is 6.69. The fraction of sp³-hybridized carbons (Fsp3) is 0.667. The molecule has 0 spiro atoms. The van der Waals surface area contributed by atoms with Crippen LogP contribution in [0.4, 0.5) is 0 Å². The molecule has 2 saturated heterocycles. The molecular formula is C15H23N3OS2. The van der Waals surface area contributed by atoms with Gasteiger partial charge >= 0.3 is 0 Å². The van der Waals surface area contributed by atoms with Crippen LogP contribution >= 0.6 is 23.1 Å². The summed E-state index contributed by atoms with van der Waals surface area (Å²) in [5.41, 5.74) is 0. The standard InChI is InChI=1S/C15H23N3OS2/c1-11-3-4-13(21-11)14-16-12(2)15(19)18(14)6-5-17-7-9-20-10-8-17/h3-4,12,14,16H,5-10H2,1-2H3. The molecule has 0 saturated carbocycles. The number of nitrogens with one attached hydrogen (secondary N) is 1. The molecule has 2 aliphatic rings. The SMILES string of the molecule is Cc1ccc(C2NC(C)C(=O)N2CCN2CCSCC2)s1. The van der Waals surface area contributed by atoms with E-state index in [0.717, 1.165) is 26.2 Å². The number of thiophene rings is 1. The number of aryl methyl sites for hydroxylation is 1. The third-order valence-electron chi connectivity index (χ3n) is 4.16. The van der Waals surface area contributed by atoms with Crippen molar-refractivity contribution < 1.29 is 4.79 Å². The van der Waals surface area contributed by atoms with E-state index in [1.54, 1.807) is 11.3 Å². The van der Waals surface area contributed by atoms with Crippen LogP contribution in [-0.4, -0.2) is 59.4 Å². The van der Waals surface area contributed by atoms with Crippen molar-refractivity contribution in [3.8, 4) is 0 Å². The Kier molecular flexibility index (Phi) is 4.88. The zero-order chi connectivity index (χ0) is 14.8. The largest absolute Gasteiger partial charge is 0.319 e. The molecule has 1 aromatic rings. The first-order valence-corrected chi connectivity index (χ1v) is 9.55. The monoisotopic (exact) mass is 325 g/mol. The molecule has 6 heteroatoms.